The first-order chi connectivity index (χ1) is 8.33. The van der Waals surface area contributed by atoms with Gasteiger partial charge in [0, 0.05) is 18.1 Å². The normalized spacial score (nSPS) is 22.2. The monoisotopic (exact) mass is 255 g/mol. The zero-order chi connectivity index (χ0) is 13.8. The lowest BCUT2D eigenvalue weighted by molar-refractivity contribution is -0.127. The zero-order valence-corrected chi connectivity index (χ0v) is 12.5. The van der Waals surface area contributed by atoms with Gasteiger partial charge in [0.15, 0.2) is 0 Å². The molecular formula is C14H29N3O. The fourth-order valence-electron chi connectivity index (χ4n) is 2.40. The molecule has 0 spiro atoms. The quantitative estimate of drug-likeness (QED) is 0.780. The highest BCUT2D eigenvalue weighted by Crippen LogP contribution is 2.10. The molecule has 0 radical (unpaired) electrons. The van der Waals surface area contributed by atoms with Gasteiger partial charge in [0.05, 0.1) is 6.04 Å². The molecule has 0 bridgehead atoms. The Morgan fingerprint density at radius 3 is 2.61 bits per heavy atom. The van der Waals surface area contributed by atoms with Gasteiger partial charge in [-0.15, -0.1) is 0 Å². The molecule has 4 nitrogen and oxygen atoms in total. The first-order valence-electron chi connectivity index (χ1n) is 7.13. The Morgan fingerprint density at radius 2 is 2.17 bits per heavy atom. The standard InChI is InChI=1S/C14H29N3O/c1-6-17(10-12-8-7-9-15-12)11(2)13(18)16-14(3,4)5/h11-12,15H,6-10H2,1-5H3,(H,16,18). The summed E-state index contributed by atoms with van der Waals surface area (Å²) in [6, 6.07) is 0.492. The molecule has 1 heterocycles. The van der Waals surface area contributed by atoms with Gasteiger partial charge in [0.1, 0.15) is 0 Å². The summed E-state index contributed by atoms with van der Waals surface area (Å²) >= 11 is 0. The number of hydrogen-bond acceptors (Lipinski definition) is 3. The van der Waals surface area contributed by atoms with E-state index in [1.807, 2.05) is 27.7 Å². The predicted molar refractivity (Wildman–Crippen MR) is 75.6 cm³/mol. The Balaban J connectivity index is 2.49. The Bertz CT molecular complexity index is 267. The van der Waals surface area contributed by atoms with Gasteiger partial charge in [-0.3, -0.25) is 9.69 Å². The van der Waals surface area contributed by atoms with Crippen molar-refractivity contribution in [3.63, 3.8) is 0 Å². The average Bonchev–Trinajstić information content (AvgIpc) is 2.75. The predicted octanol–water partition coefficient (Wildman–Crippen LogP) is 1.36. The minimum atomic E-state index is -0.156. The largest absolute Gasteiger partial charge is 0.350 e. The highest BCUT2D eigenvalue weighted by atomic mass is 16.2. The highest BCUT2D eigenvalue weighted by molar-refractivity contribution is 5.81. The summed E-state index contributed by atoms with van der Waals surface area (Å²) in [6.45, 7) is 13.2. The smallest absolute Gasteiger partial charge is 0.237 e. The molecule has 1 fully saturated rings. The number of hydrogen-bond donors (Lipinski definition) is 2. The molecule has 0 aliphatic carbocycles. The molecule has 2 atom stereocenters. The number of nitrogens with zero attached hydrogens (tertiary/aromatic N) is 1. The van der Waals surface area contributed by atoms with Crippen molar-refractivity contribution in [2.24, 2.45) is 0 Å². The first kappa shape index (κ1) is 15.4. The van der Waals surface area contributed by atoms with Crippen LogP contribution in [0.1, 0.15) is 47.5 Å². The van der Waals surface area contributed by atoms with Gasteiger partial charge in [0.2, 0.25) is 5.91 Å². The molecule has 18 heavy (non-hydrogen) atoms. The van der Waals surface area contributed by atoms with E-state index in [0.29, 0.717) is 6.04 Å². The van der Waals surface area contributed by atoms with E-state index in [0.717, 1.165) is 19.6 Å². The number of carbonyl (C=O) groups is 1. The van der Waals surface area contributed by atoms with Crippen molar-refractivity contribution in [3.8, 4) is 0 Å². The molecule has 0 saturated carbocycles. The van der Waals surface area contributed by atoms with Crippen LogP contribution in [0, 0.1) is 0 Å². The molecule has 4 heteroatoms. The summed E-state index contributed by atoms with van der Waals surface area (Å²) in [5.74, 6) is 0.127. The van der Waals surface area contributed by atoms with Gasteiger partial charge in [-0.25, -0.2) is 0 Å². The summed E-state index contributed by atoms with van der Waals surface area (Å²) in [4.78, 5) is 14.4. The van der Waals surface area contributed by atoms with Gasteiger partial charge in [-0.2, -0.15) is 0 Å². The Hall–Kier alpha value is -0.610. The van der Waals surface area contributed by atoms with Gasteiger partial charge >= 0.3 is 0 Å². The second kappa shape index (κ2) is 6.53. The molecule has 1 saturated heterocycles. The minimum absolute atomic E-state index is 0.0587. The molecule has 0 aromatic rings. The Labute approximate surface area is 111 Å². The molecule has 1 rings (SSSR count). The van der Waals surface area contributed by atoms with Crippen LogP contribution in [-0.2, 0) is 4.79 Å². The second-order valence-corrected chi connectivity index (χ2v) is 6.30. The van der Waals surface area contributed by atoms with E-state index in [-0.39, 0.29) is 17.5 Å². The first-order valence-corrected chi connectivity index (χ1v) is 7.13. The molecule has 0 aromatic heterocycles. The van der Waals surface area contributed by atoms with Crippen molar-refractivity contribution < 1.29 is 4.79 Å². The number of nitrogens with one attached hydrogen (secondary N) is 2. The van der Waals surface area contributed by atoms with Crippen molar-refractivity contribution in [1.82, 2.24) is 15.5 Å². The van der Waals surface area contributed by atoms with Crippen molar-refractivity contribution in [2.75, 3.05) is 19.6 Å². The summed E-state index contributed by atoms with van der Waals surface area (Å²) in [5.41, 5.74) is -0.156. The maximum atomic E-state index is 12.2. The molecule has 2 unspecified atom stereocenters. The van der Waals surface area contributed by atoms with Crippen LogP contribution in [0.4, 0.5) is 0 Å². The molecule has 1 amide bonds. The van der Waals surface area contributed by atoms with Crippen LogP contribution in [0.5, 0.6) is 0 Å². The summed E-state index contributed by atoms with van der Waals surface area (Å²) in [5, 5.41) is 6.55. The van der Waals surface area contributed by atoms with Crippen LogP contribution in [0.25, 0.3) is 0 Å². The number of likely N-dealkylation sites (N-methyl/N-ethyl adjacent to an activating group) is 1. The molecule has 0 aromatic carbocycles. The number of carbonyl (C=O) groups excluding carboxylic acids is 1. The van der Waals surface area contributed by atoms with Crippen LogP contribution in [0.15, 0.2) is 0 Å². The molecule has 1 aliphatic rings. The van der Waals surface area contributed by atoms with Crippen molar-refractivity contribution >= 4 is 5.91 Å². The third kappa shape index (κ3) is 4.94. The van der Waals surface area contributed by atoms with Crippen LogP contribution in [0.3, 0.4) is 0 Å². The van der Waals surface area contributed by atoms with E-state index in [2.05, 4.69) is 22.5 Å². The lowest BCUT2D eigenvalue weighted by Gasteiger charge is -2.32. The SMILES string of the molecule is CCN(CC1CCCN1)C(C)C(=O)NC(C)(C)C. The van der Waals surface area contributed by atoms with E-state index in [4.69, 9.17) is 0 Å². The van der Waals surface area contributed by atoms with Gasteiger partial charge < -0.3 is 10.6 Å². The third-order valence-electron chi connectivity index (χ3n) is 3.45. The molecule has 2 N–H and O–H groups in total. The van der Waals surface area contributed by atoms with Crippen molar-refractivity contribution in [2.45, 2.75) is 65.1 Å². The lowest BCUT2D eigenvalue weighted by Crippen LogP contribution is -2.53. The van der Waals surface area contributed by atoms with Gasteiger partial charge in [-0.05, 0) is 53.6 Å². The fourth-order valence-corrected chi connectivity index (χ4v) is 2.40. The molecule has 106 valence electrons. The van der Waals surface area contributed by atoms with Crippen LogP contribution >= 0.6 is 0 Å². The maximum Gasteiger partial charge on any atom is 0.237 e. The van der Waals surface area contributed by atoms with E-state index >= 15 is 0 Å². The Kier molecular flexibility index (Phi) is 5.60. The number of amides is 1. The van der Waals surface area contributed by atoms with E-state index in [9.17, 15) is 4.79 Å². The summed E-state index contributed by atoms with van der Waals surface area (Å²) in [6.07, 6.45) is 2.48. The minimum Gasteiger partial charge on any atom is -0.350 e. The van der Waals surface area contributed by atoms with E-state index < -0.39 is 0 Å². The van der Waals surface area contributed by atoms with Crippen molar-refractivity contribution in [3.05, 3.63) is 0 Å². The van der Waals surface area contributed by atoms with Gasteiger partial charge in [-0.1, -0.05) is 6.92 Å². The molecule has 1 aliphatic heterocycles. The van der Waals surface area contributed by atoms with Crippen LogP contribution < -0.4 is 10.6 Å². The molecular weight excluding hydrogens is 226 g/mol. The van der Waals surface area contributed by atoms with Gasteiger partial charge in [0.25, 0.3) is 0 Å². The van der Waals surface area contributed by atoms with E-state index in [1.54, 1.807) is 0 Å². The lowest BCUT2D eigenvalue weighted by atomic mass is 10.1. The highest BCUT2D eigenvalue weighted by Gasteiger charge is 2.26. The zero-order valence-electron chi connectivity index (χ0n) is 12.5. The van der Waals surface area contributed by atoms with Crippen molar-refractivity contribution in [1.29, 1.82) is 0 Å². The third-order valence-corrected chi connectivity index (χ3v) is 3.45. The summed E-state index contributed by atoms with van der Waals surface area (Å²) < 4.78 is 0. The summed E-state index contributed by atoms with van der Waals surface area (Å²) in [7, 11) is 0. The number of rotatable bonds is 5. The fraction of sp³-hybridized carbons (Fsp3) is 0.929. The van der Waals surface area contributed by atoms with E-state index in [1.165, 1.54) is 12.8 Å². The maximum absolute atomic E-state index is 12.2. The van der Waals surface area contributed by atoms with Crippen LogP contribution in [0.2, 0.25) is 0 Å². The van der Waals surface area contributed by atoms with Crippen LogP contribution in [-0.4, -0.2) is 48.1 Å². The topological polar surface area (TPSA) is 44.4 Å². The Morgan fingerprint density at radius 1 is 1.50 bits per heavy atom. The second-order valence-electron chi connectivity index (χ2n) is 6.30. The average molecular weight is 255 g/mol.